The molecule has 158 valence electrons. The molecular weight excluding hydrogens is 378 g/mol. The monoisotopic (exact) mass is 407 g/mol. The van der Waals surface area contributed by atoms with Gasteiger partial charge in [-0.15, -0.1) is 0 Å². The third kappa shape index (κ3) is 4.82. The van der Waals surface area contributed by atoms with E-state index in [4.69, 9.17) is 9.72 Å². The molecule has 3 atom stereocenters. The zero-order chi connectivity index (χ0) is 21.0. The molecule has 2 aromatic rings. The molecule has 3 heterocycles. The van der Waals surface area contributed by atoms with Crippen LogP contribution < -0.4 is 10.2 Å². The molecule has 6 heteroatoms. The third-order valence-electron chi connectivity index (χ3n) is 5.83. The standard InChI is InChI=1S/C24H29N3O3/c1-30-22-16-27(15-21(22)28)23-9-8-19(10-12-24(29)11-5-13-25-17-24)20(26-23)14-18-6-3-2-4-7-18/h2-4,6-9,21-22,25,28-29H,5,11,13-17H2,1H3. The molecule has 2 aliphatic heterocycles. The van der Waals surface area contributed by atoms with E-state index in [9.17, 15) is 10.2 Å². The zero-order valence-corrected chi connectivity index (χ0v) is 17.3. The first-order valence-electron chi connectivity index (χ1n) is 10.5. The third-order valence-corrected chi connectivity index (χ3v) is 5.83. The van der Waals surface area contributed by atoms with Gasteiger partial charge in [-0.25, -0.2) is 4.98 Å². The van der Waals surface area contributed by atoms with E-state index in [0.29, 0.717) is 32.5 Å². The summed E-state index contributed by atoms with van der Waals surface area (Å²) in [7, 11) is 1.62. The van der Waals surface area contributed by atoms with Crippen molar-refractivity contribution in [2.24, 2.45) is 0 Å². The number of anilines is 1. The summed E-state index contributed by atoms with van der Waals surface area (Å²) < 4.78 is 5.37. The number of β-amino-alcohol motifs (C(OH)–C–C–N with tert-alkyl or cyclic N) is 2. The van der Waals surface area contributed by atoms with Gasteiger partial charge in [-0.1, -0.05) is 42.2 Å². The maximum Gasteiger partial charge on any atom is 0.138 e. The summed E-state index contributed by atoms with van der Waals surface area (Å²) in [6.45, 7) is 2.51. The molecule has 0 aliphatic carbocycles. The van der Waals surface area contributed by atoms with Crippen molar-refractivity contribution in [2.45, 2.75) is 37.1 Å². The molecule has 6 nitrogen and oxygen atoms in total. The minimum absolute atomic E-state index is 0.211. The second-order valence-corrected chi connectivity index (χ2v) is 8.13. The van der Waals surface area contributed by atoms with Crippen molar-refractivity contribution >= 4 is 5.82 Å². The summed E-state index contributed by atoms with van der Waals surface area (Å²) >= 11 is 0. The molecule has 0 radical (unpaired) electrons. The second kappa shape index (κ2) is 9.15. The van der Waals surface area contributed by atoms with Crippen LogP contribution in [0.1, 0.15) is 29.7 Å². The summed E-state index contributed by atoms with van der Waals surface area (Å²) in [5, 5.41) is 24.1. The topological polar surface area (TPSA) is 77.9 Å². The molecule has 4 rings (SSSR count). The number of aromatic nitrogens is 1. The number of ether oxygens (including phenoxy) is 1. The Kier molecular flexibility index (Phi) is 6.35. The Morgan fingerprint density at radius 1 is 1.23 bits per heavy atom. The summed E-state index contributed by atoms with van der Waals surface area (Å²) in [5.74, 6) is 7.09. The number of rotatable bonds is 4. The second-order valence-electron chi connectivity index (χ2n) is 8.13. The number of benzene rings is 1. The minimum atomic E-state index is -0.994. The van der Waals surface area contributed by atoms with Crippen molar-refractivity contribution in [3.05, 3.63) is 59.3 Å². The van der Waals surface area contributed by atoms with E-state index < -0.39 is 11.7 Å². The molecule has 0 amide bonds. The lowest BCUT2D eigenvalue weighted by Gasteiger charge is -2.27. The quantitative estimate of drug-likeness (QED) is 0.664. The van der Waals surface area contributed by atoms with Crippen LogP contribution in [0.25, 0.3) is 0 Å². The average molecular weight is 408 g/mol. The fourth-order valence-electron chi connectivity index (χ4n) is 4.06. The summed E-state index contributed by atoms with van der Waals surface area (Å²) in [6, 6.07) is 14.1. The van der Waals surface area contributed by atoms with Crippen molar-refractivity contribution in [3.63, 3.8) is 0 Å². The van der Waals surface area contributed by atoms with Crippen LogP contribution in [0.5, 0.6) is 0 Å². The maximum atomic E-state index is 10.7. The van der Waals surface area contributed by atoms with Crippen LogP contribution >= 0.6 is 0 Å². The number of nitrogens with zero attached hydrogens (tertiary/aromatic N) is 2. The van der Waals surface area contributed by atoms with Gasteiger partial charge in [0.1, 0.15) is 17.5 Å². The van der Waals surface area contributed by atoms with E-state index in [1.54, 1.807) is 7.11 Å². The van der Waals surface area contributed by atoms with Gasteiger partial charge in [0, 0.05) is 38.7 Å². The van der Waals surface area contributed by atoms with Crippen LogP contribution in [0, 0.1) is 11.8 Å². The Bertz CT molecular complexity index is 916. The van der Waals surface area contributed by atoms with Crippen molar-refractivity contribution in [1.29, 1.82) is 0 Å². The molecule has 3 N–H and O–H groups in total. The van der Waals surface area contributed by atoms with Crippen LogP contribution in [0.2, 0.25) is 0 Å². The molecule has 1 aromatic heterocycles. The molecular formula is C24H29N3O3. The first-order valence-corrected chi connectivity index (χ1v) is 10.5. The number of piperidine rings is 1. The zero-order valence-electron chi connectivity index (χ0n) is 17.3. The van der Waals surface area contributed by atoms with Crippen molar-refractivity contribution in [2.75, 3.05) is 38.2 Å². The lowest BCUT2D eigenvalue weighted by Crippen LogP contribution is -2.44. The number of pyridine rings is 1. The first-order chi connectivity index (χ1) is 14.6. The van der Waals surface area contributed by atoms with Crippen LogP contribution in [-0.4, -0.2) is 66.3 Å². The van der Waals surface area contributed by atoms with Gasteiger partial charge in [-0.3, -0.25) is 0 Å². The van der Waals surface area contributed by atoms with Gasteiger partial charge in [0.2, 0.25) is 0 Å². The van der Waals surface area contributed by atoms with Crippen molar-refractivity contribution < 1.29 is 14.9 Å². The highest BCUT2D eigenvalue weighted by molar-refractivity contribution is 5.50. The van der Waals surface area contributed by atoms with E-state index in [2.05, 4.69) is 29.3 Å². The average Bonchev–Trinajstić information content (AvgIpc) is 3.15. The number of nitrogens with one attached hydrogen (secondary N) is 1. The van der Waals surface area contributed by atoms with E-state index in [0.717, 1.165) is 35.6 Å². The van der Waals surface area contributed by atoms with E-state index in [1.807, 2.05) is 35.2 Å². The Morgan fingerprint density at radius 2 is 2.07 bits per heavy atom. The van der Waals surface area contributed by atoms with Gasteiger partial charge >= 0.3 is 0 Å². The van der Waals surface area contributed by atoms with Gasteiger partial charge < -0.3 is 25.2 Å². The highest BCUT2D eigenvalue weighted by atomic mass is 16.5. The van der Waals surface area contributed by atoms with Gasteiger partial charge in [0.25, 0.3) is 0 Å². The Labute approximate surface area is 177 Å². The smallest absolute Gasteiger partial charge is 0.138 e. The molecule has 2 fully saturated rings. The van der Waals surface area contributed by atoms with Gasteiger partial charge in [0.15, 0.2) is 0 Å². The van der Waals surface area contributed by atoms with Gasteiger partial charge in [-0.2, -0.15) is 0 Å². The van der Waals surface area contributed by atoms with E-state index >= 15 is 0 Å². The first kappa shape index (κ1) is 20.8. The Balaban J connectivity index is 1.64. The molecule has 30 heavy (non-hydrogen) atoms. The number of hydrogen-bond donors (Lipinski definition) is 3. The molecule has 3 unspecified atom stereocenters. The largest absolute Gasteiger partial charge is 0.388 e. The summed E-state index contributed by atoms with van der Waals surface area (Å²) in [6.07, 6.45) is 1.51. The van der Waals surface area contributed by atoms with Crippen LogP contribution in [-0.2, 0) is 11.2 Å². The maximum absolute atomic E-state index is 10.7. The molecule has 2 saturated heterocycles. The summed E-state index contributed by atoms with van der Waals surface area (Å²) in [4.78, 5) is 6.94. The predicted molar refractivity (Wildman–Crippen MR) is 116 cm³/mol. The van der Waals surface area contributed by atoms with E-state index in [1.165, 1.54) is 0 Å². The molecule has 0 saturated carbocycles. The van der Waals surface area contributed by atoms with Crippen molar-refractivity contribution in [3.8, 4) is 11.8 Å². The normalized spacial score (nSPS) is 26.3. The van der Waals surface area contributed by atoms with Crippen LogP contribution in [0.15, 0.2) is 42.5 Å². The number of hydrogen-bond acceptors (Lipinski definition) is 6. The van der Waals surface area contributed by atoms with Gasteiger partial charge in [-0.05, 0) is 37.1 Å². The molecule has 0 bridgehead atoms. The fraction of sp³-hybridized carbons (Fsp3) is 0.458. The minimum Gasteiger partial charge on any atom is -0.388 e. The molecule has 2 aliphatic rings. The van der Waals surface area contributed by atoms with Crippen LogP contribution in [0.4, 0.5) is 5.82 Å². The SMILES string of the molecule is COC1CN(c2ccc(C#CC3(O)CCCNC3)c(Cc3ccccc3)n2)CC1O. The number of methoxy groups -OCH3 is 1. The van der Waals surface area contributed by atoms with Crippen LogP contribution in [0.3, 0.4) is 0 Å². The highest BCUT2D eigenvalue weighted by Crippen LogP contribution is 2.23. The number of aliphatic hydroxyl groups is 2. The summed E-state index contributed by atoms with van der Waals surface area (Å²) in [5.41, 5.74) is 1.85. The van der Waals surface area contributed by atoms with E-state index in [-0.39, 0.29) is 6.10 Å². The van der Waals surface area contributed by atoms with Crippen molar-refractivity contribution in [1.82, 2.24) is 10.3 Å². The lowest BCUT2D eigenvalue weighted by molar-refractivity contribution is 0.0217. The van der Waals surface area contributed by atoms with Gasteiger partial charge in [0.05, 0.1) is 11.8 Å². The predicted octanol–water partition coefficient (Wildman–Crippen LogP) is 1.33. The Morgan fingerprint density at radius 3 is 2.77 bits per heavy atom. The fourth-order valence-corrected chi connectivity index (χ4v) is 4.06. The Hall–Kier alpha value is -2.43. The highest BCUT2D eigenvalue weighted by Gasteiger charge is 2.32. The lowest BCUT2D eigenvalue weighted by atomic mass is 9.94. The number of aliphatic hydroxyl groups excluding tert-OH is 1. The molecule has 1 aromatic carbocycles. The molecule has 0 spiro atoms.